The molecule has 3 rings (SSSR count). The van der Waals surface area contributed by atoms with Gasteiger partial charge in [0.15, 0.2) is 0 Å². The topological polar surface area (TPSA) is 27.1 Å². The average Bonchev–Trinajstić information content (AvgIpc) is 2.95. The Kier molecular flexibility index (Phi) is 3.05. The molecule has 0 fully saturated rings. The summed E-state index contributed by atoms with van der Waals surface area (Å²) in [7, 11) is 0. The van der Waals surface area contributed by atoms with Crippen LogP contribution in [0.2, 0.25) is 0 Å². The van der Waals surface area contributed by atoms with Gasteiger partial charge in [-0.15, -0.1) is 0 Å². The Balaban J connectivity index is 1.75. The zero-order valence-corrected chi connectivity index (χ0v) is 11.8. The minimum absolute atomic E-state index is 0.225. The van der Waals surface area contributed by atoms with Crippen LogP contribution in [-0.4, -0.2) is 15.7 Å². The van der Waals surface area contributed by atoms with Gasteiger partial charge in [-0.05, 0) is 18.6 Å². The Labute approximate surface area is 114 Å². The summed E-state index contributed by atoms with van der Waals surface area (Å²) in [5, 5.41) is 0. The first-order chi connectivity index (χ1) is 9.13. The Morgan fingerprint density at radius 1 is 1.42 bits per heavy atom. The molecule has 0 saturated heterocycles. The largest absolute Gasteiger partial charge is 0.488 e. The summed E-state index contributed by atoms with van der Waals surface area (Å²) in [4.78, 5) is 4.43. The number of rotatable bonds is 3. The maximum atomic E-state index is 6.02. The van der Waals surface area contributed by atoms with E-state index in [0.29, 0.717) is 5.92 Å². The van der Waals surface area contributed by atoms with Gasteiger partial charge in [-0.3, -0.25) is 0 Å². The van der Waals surface area contributed by atoms with Gasteiger partial charge in [0.05, 0.1) is 6.54 Å². The second-order valence-electron chi connectivity index (χ2n) is 5.65. The SMILES string of the molecule is Cc1ccc2c(c1)CC(Cn1ccnc1C(C)C)O2. The van der Waals surface area contributed by atoms with Crippen LogP contribution in [0.25, 0.3) is 0 Å². The van der Waals surface area contributed by atoms with Crippen LogP contribution in [0.5, 0.6) is 5.75 Å². The Hall–Kier alpha value is -1.77. The van der Waals surface area contributed by atoms with Crippen LogP contribution in [0, 0.1) is 6.92 Å². The predicted molar refractivity (Wildman–Crippen MR) is 75.6 cm³/mol. The van der Waals surface area contributed by atoms with E-state index in [0.717, 1.165) is 24.5 Å². The first-order valence-electron chi connectivity index (χ1n) is 6.90. The third kappa shape index (κ3) is 2.37. The van der Waals surface area contributed by atoms with Gasteiger partial charge < -0.3 is 9.30 Å². The number of aryl methyl sites for hydroxylation is 1. The molecular formula is C16H20N2O. The van der Waals surface area contributed by atoms with Crippen molar-refractivity contribution in [1.82, 2.24) is 9.55 Å². The van der Waals surface area contributed by atoms with Crippen LogP contribution >= 0.6 is 0 Å². The molecule has 3 heteroatoms. The standard InChI is InChI=1S/C16H20N2O/c1-11(2)16-17-6-7-18(16)10-14-9-13-8-12(3)4-5-15(13)19-14/h4-8,11,14H,9-10H2,1-3H3. The van der Waals surface area contributed by atoms with Gasteiger partial charge in [0, 0.05) is 24.7 Å². The van der Waals surface area contributed by atoms with Gasteiger partial charge in [0.1, 0.15) is 17.7 Å². The fourth-order valence-corrected chi connectivity index (χ4v) is 2.75. The first-order valence-corrected chi connectivity index (χ1v) is 6.90. The van der Waals surface area contributed by atoms with Crippen molar-refractivity contribution in [3.8, 4) is 5.75 Å². The first kappa shape index (κ1) is 12.3. The second-order valence-corrected chi connectivity index (χ2v) is 5.65. The summed E-state index contributed by atoms with van der Waals surface area (Å²) in [6.45, 7) is 7.35. The van der Waals surface area contributed by atoms with Crippen LogP contribution in [0.1, 0.15) is 36.7 Å². The van der Waals surface area contributed by atoms with Crippen LogP contribution in [0.4, 0.5) is 0 Å². The van der Waals surface area contributed by atoms with E-state index in [4.69, 9.17) is 4.74 Å². The van der Waals surface area contributed by atoms with E-state index in [9.17, 15) is 0 Å². The van der Waals surface area contributed by atoms with Crippen LogP contribution in [0.15, 0.2) is 30.6 Å². The van der Waals surface area contributed by atoms with Crippen molar-refractivity contribution in [2.45, 2.75) is 45.8 Å². The smallest absolute Gasteiger partial charge is 0.123 e. The molecule has 3 nitrogen and oxygen atoms in total. The lowest BCUT2D eigenvalue weighted by Gasteiger charge is -2.15. The summed E-state index contributed by atoms with van der Waals surface area (Å²) in [6, 6.07) is 6.42. The molecule has 0 aliphatic carbocycles. The molecule has 0 N–H and O–H groups in total. The quantitative estimate of drug-likeness (QED) is 0.842. The number of ether oxygens (including phenoxy) is 1. The molecule has 0 amide bonds. The van der Waals surface area contributed by atoms with E-state index in [2.05, 4.69) is 48.5 Å². The Bertz CT molecular complexity index is 586. The van der Waals surface area contributed by atoms with Crippen molar-refractivity contribution < 1.29 is 4.74 Å². The molecule has 19 heavy (non-hydrogen) atoms. The summed E-state index contributed by atoms with van der Waals surface area (Å²) in [5.74, 6) is 2.62. The molecular weight excluding hydrogens is 236 g/mol. The van der Waals surface area contributed by atoms with Crippen molar-refractivity contribution in [1.29, 1.82) is 0 Å². The predicted octanol–water partition coefficient (Wildman–Crippen LogP) is 3.32. The fraction of sp³-hybridized carbons (Fsp3) is 0.438. The van der Waals surface area contributed by atoms with Crippen LogP contribution in [-0.2, 0) is 13.0 Å². The van der Waals surface area contributed by atoms with Gasteiger partial charge in [-0.1, -0.05) is 31.5 Å². The molecule has 0 radical (unpaired) electrons. The molecule has 1 aromatic heterocycles. The average molecular weight is 256 g/mol. The van der Waals surface area contributed by atoms with E-state index < -0.39 is 0 Å². The number of nitrogens with zero attached hydrogens (tertiary/aromatic N) is 2. The zero-order chi connectivity index (χ0) is 13.4. The molecule has 1 aromatic carbocycles. The summed E-state index contributed by atoms with van der Waals surface area (Å²) < 4.78 is 8.24. The molecule has 1 atom stereocenters. The highest BCUT2D eigenvalue weighted by atomic mass is 16.5. The molecule has 2 heterocycles. The minimum atomic E-state index is 0.225. The number of aromatic nitrogens is 2. The third-order valence-electron chi connectivity index (χ3n) is 3.62. The molecule has 100 valence electrons. The number of imidazole rings is 1. The van der Waals surface area contributed by atoms with Gasteiger partial charge in [0.2, 0.25) is 0 Å². The van der Waals surface area contributed by atoms with Crippen LogP contribution in [0.3, 0.4) is 0 Å². The summed E-state index contributed by atoms with van der Waals surface area (Å²) >= 11 is 0. The van der Waals surface area contributed by atoms with Gasteiger partial charge in [-0.2, -0.15) is 0 Å². The van der Waals surface area contributed by atoms with Crippen molar-refractivity contribution in [2.24, 2.45) is 0 Å². The Morgan fingerprint density at radius 3 is 3.05 bits per heavy atom. The highest BCUT2D eigenvalue weighted by Gasteiger charge is 2.24. The minimum Gasteiger partial charge on any atom is -0.488 e. The molecule has 0 saturated carbocycles. The zero-order valence-electron chi connectivity index (χ0n) is 11.8. The number of hydrogen-bond acceptors (Lipinski definition) is 2. The molecule has 0 bridgehead atoms. The number of hydrogen-bond donors (Lipinski definition) is 0. The Morgan fingerprint density at radius 2 is 2.26 bits per heavy atom. The van der Waals surface area contributed by atoms with Crippen LogP contribution < -0.4 is 4.74 Å². The number of benzene rings is 1. The molecule has 1 aliphatic heterocycles. The maximum Gasteiger partial charge on any atom is 0.123 e. The van der Waals surface area contributed by atoms with Crippen molar-refractivity contribution in [3.63, 3.8) is 0 Å². The van der Waals surface area contributed by atoms with Gasteiger partial charge in [-0.25, -0.2) is 4.98 Å². The van der Waals surface area contributed by atoms with Gasteiger partial charge >= 0.3 is 0 Å². The molecule has 0 spiro atoms. The van der Waals surface area contributed by atoms with E-state index >= 15 is 0 Å². The summed E-state index contributed by atoms with van der Waals surface area (Å²) in [5.41, 5.74) is 2.63. The molecule has 2 aromatic rings. The third-order valence-corrected chi connectivity index (χ3v) is 3.62. The lowest BCUT2D eigenvalue weighted by molar-refractivity contribution is 0.207. The maximum absolute atomic E-state index is 6.02. The van der Waals surface area contributed by atoms with Gasteiger partial charge in [0.25, 0.3) is 0 Å². The molecule has 1 aliphatic rings. The normalized spacial score (nSPS) is 17.6. The fourth-order valence-electron chi connectivity index (χ4n) is 2.75. The summed E-state index contributed by atoms with van der Waals surface area (Å²) in [6.07, 6.45) is 5.14. The van der Waals surface area contributed by atoms with E-state index in [1.807, 2.05) is 12.4 Å². The van der Waals surface area contributed by atoms with E-state index in [1.54, 1.807) is 0 Å². The lowest BCUT2D eigenvalue weighted by atomic mass is 10.1. The number of fused-ring (bicyclic) bond motifs is 1. The van der Waals surface area contributed by atoms with Crippen molar-refractivity contribution in [3.05, 3.63) is 47.5 Å². The molecule has 1 unspecified atom stereocenters. The van der Waals surface area contributed by atoms with E-state index in [-0.39, 0.29) is 6.10 Å². The van der Waals surface area contributed by atoms with Crippen molar-refractivity contribution in [2.75, 3.05) is 0 Å². The van der Waals surface area contributed by atoms with Crippen molar-refractivity contribution >= 4 is 0 Å². The highest BCUT2D eigenvalue weighted by molar-refractivity contribution is 5.40. The second kappa shape index (κ2) is 4.72. The lowest BCUT2D eigenvalue weighted by Crippen LogP contribution is -2.22. The van der Waals surface area contributed by atoms with E-state index in [1.165, 1.54) is 11.1 Å². The highest BCUT2D eigenvalue weighted by Crippen LogP contribution is 2.30. The monoisotopic (exact) mass is 256 g/mol.